The van der Waals surface area contributed by atoms with Gasteiger partial charge in [-0.05, 0) is 32.8 Å². The van der Waals surface area contributed by atoms with Crippen molar-refractivity contribution in [2.24, 2.45) is 0 Å². The van der Waals surface area contributed by atoms with Gasteiger partial charge in [-0.3, -0.25) is 10.1 Å². The Morgan fingerprint density at radius 2 is 2.33 bits per heavy atom. The fraction of sp³-hybridized carbons (Fsp3) is 0.700. The Morgan fingerprint density at radius 1 is 1.67 bits per heavy atom. The molecule has 0 heterocycles. The number of allylic oxidation sites excluding steroid dienone is 1. The Hall–Kier alpha value is -1.16. The van der Waals surface area contributed by atoms with E-state index in [1.807, 2.05) is 6.92 Å². The van der Waals surface area contributed by atoms with E-state index in [2.05, 4.69) is 5.32 Å². The third kappa shape index (κ3) is 6.85. The van der Waals surface area contributed by atoms with Crippen LogP contribution in [0, 0.1) is 0 Å². The zero-order valence-electron chi connectivity index (χ0n) is 9.03. The van der Waals surface area contributed by atoms with Crippen molar-refractivity contribution in [1.29, 1.82) is 0 Å². The summed E-state index contributed by atoms with van der Waals surface area (Å²) in [6, 6.07) is -0.665. The van der Waals surface area contributed by atoms with Gasteiger partial charge in [0.05, 0.1) is 0 Å². The Labute approximate surface area is 89.1 Å². The highest BCUT2D eigenvalue weighted by Gasteiger charge is 2.16. The predicted octanol–water partition coefficient (Wildman–Crippen LogP) is 0.580. The predicted molar refractivity (Wildman–Crippen MR) is 55.1 cm³/mol. The van der Waals surface area contributed by atoms with Crippen molar-refractivity contribution in [3.63, 3.8) is 0 Å². The fourth-order valence-electron chi connectivity index (χ4n) is 1.06. The second-order valence-electron chi connectivity index (χ2n) is 3.07. The van der Waals surface area contributed by atoms with Crippen molar-refractivity contribution in [3.05, 3.63) is 6.08 Å². The summed E-state index contributed by atoms with van der Waals surface area (Å²) in [6.07, 6.45) is 2.10. The van der Waals surface area contributed by atoms with E-state index in [4.69, 9.17) is 9.84 Å². The lowest BCUT2D eigenvalue weighted by Crippen LogP contribution is -2.42. The molecule has 0 bridgehead atoms. The molecule has 0 aliphatic rings. The summed E-state index contributed by atoms with van der Waals surface area (Å²) in [5.41, 5.74) is 0. The van der Waals surface area contributed by atoms with Crippen LogP contribution in [0.3, 0.4) is 0 Å². The van der Waals surface area contributed by atoms with Gasteiger partial charge in [0.2, 0.25) is 0 Å². The molecule has 0 saturated heterocycles. The number of carbonyl (C=O) groups is 1. The van der Waals surface area contributed by atoms with E-state index in [-0.39, 0.29) is 6.23 Å². The number of carboxylic acids is 1. The average Bonchev–Trinajstić information content (AvgIpc) is 2.18. The maximum Gasteiger partial charge on any atom is 0.320 e. The first kappa shape index (κ1) is 13.8. The van der Waals surface area contributed by atoms with Crippen LogP contribution in [-0.4, -0.2) is 35.9 Å². The molecule has 2 N–H and O–H groups in total. The lowest BCUT2D eigenvalue weighted by atomic mass is 10.2. The second-order valence-corrected chi connectivity index (χ2v) is 3.07. The van der Waals surface area contributed by atoms with E-state index < -0.39 is 12.0 Å². The van der Waals surface area contributed by atoms with Gasteiger partial charge in [0.1, 0.15) is 18.2 Å². The molecule has 0 radical (unpaired) electrons. The third-order valence-corrected chi connectivity index (χ3v) is 1.83. The molecule has 5 nitrogen and oxygen atoms in total. The van der Waals surface area contributed by atoms with E-state index in [0.717, 1.165) is 0 Å². The zero-order valence-corrected chi connectivity index (χ0v) is 9.03. The highest BCUT2D eigenvalue weighted by molar-refractivity contribution is 5.72. The standard InChI is InChI=1S/C10H17NO4/c1-3-15-9(6-4-5-7-12)11-8(2)10(13)14/h5,8-9,11H,3-4,6H2,1-2H3,(H,13,14)/t8-,9-/m0/s1. The molecule has 5 heteroatoms. The fourth-order valence-corrected chi connectivity index (χ4v) is 1.06. The van der Waals surface area contributed by atoms with Crippen LogP contribution in [0.15, 0.2) is 6.08 Å². The van der Waals surface area contributed by atoms with Gasteiger partial charge in [0.25, 0.3) is 0 Å². The van der Waals surface area contributed by atoms with E-state index >= 15 is 0 Å². The van der Waals surface area contributed by atoms with Gasteiger partial charge >= 0.3 is 5.97 Å². The first-order valence-corrected chi connectivity index (χ1v) is 4.91. The molecule has 86 valence electrons. The number of hydrogen-bond acceptors (Lipinski definition) is 4. The molecule has 0 aliphatic heterocycles. The van der Waals surface area contributed by atoms with Gasteiger partial charge in [-0.15, -0.1) is 0 Å². The minimum absolute atomic E-state index is 0.342. The molecule has 0 aromatic carbocycles. The van der Waals surface area contributed by atoms with E-state index in [9.17, 15) is 9.59 Å². The molecule has 2 atom stereocenters. The molecule has 0 aromatic heterocycles. The summed E-state index contributed by atoms with van der Waals surface area (Å²) in [5, 5.41) is 11.5. The normalized spacial score (nSPS) is 14.0. The Morgan fingerprint density at radius 3 is 2.80 bits per heavy atom. The molecule has 0 saturated carbocycles. The molecule has 0 aliphatic carbocycles. The molecular formula is C10H17NO4. The highest BCUT2D eigenvalue weighted by Crippen LogP contribution is 2.01. The molecule has 15 heavy (non-hydrogen) atoms. The lowest BCUT2D eigenvalue weighted by Gasteiger charge is -2.20. The van der Waals surface area contributed by atoms with Crippen molar-refractivity contribution in [1.82, 2.24) is 5.32 Å². The van der Waals surface area contributed by atoms with E-state index in [0.29, 0.717) is 19.4 Å². The van der Waals surface area contributed by atoms with Crippen molar-refractivity contribution in [3.8, 4) is 0 Å². The van der Waals surface area contributed by atoms with Gasteiger partial charge < -0.3 is 9.84 Å². The average molecular weight is 215 g/mol. The minimum Gasteiger partial charge on any atom is -0.480 e. The quantitative estimate of drug-likeness (QED) is 0.457. The molecule has 0 unspecified atom stereocenters. The molecular weight excluding hydrogens is 198 g/mol. The summed E-state index contributed by atoms with van der Waals surface area (Å²) < 4.78 is 5.29. The van der Waals surface area contributed by atoms with Crippen molar-refractivity contribution < 1.29 is 19.4 Å². The highest BCUT2D eigenvalue weighted by atomic mass is 16.5. The number of hydrogen-bond donors (Lipinski definition) is 2. The van der Waals surface area contributed by atoms with Crippen LogP contribution in [0.25, 0.3) is 0 Å². The summed E-state index contributed by atoms with van der Waals surface area (Å²) in [4.78, 5) is 20.5. The second kappa shape index (κ2) is 8.17. The van der Waals surface area contributed by atoms with Crippen LogP contribution in [0.2, 0.25) is 0 Å². The summed E-state index contributed by atoms with van der Waals surface area (Å²) in [5.74, 6) is 0.741. The first-order valence-electron chi connectivity index (χ1n) is 4.91. The van der Waals surface area contributed by atoms with Crippen molar-refractivity contribution >= 4 is 11.9 Å². The number of nitrogens with one attached hydrogen (secondary N) is 1. The summed E-state index contributed by atoms with van der Waals surface area (Å²) >= 11 is 0. The Bertz CT molecular complexity index is 236. The van der Waals surface area contributed by atoms with Gasteiger partial charge in [-0.1, -0.05) is 0 Å². The van der Waals surface area contributed by atoms with Gasteiger partial charge in [-0.25, -0.2) is 4.79 Å². The first-order chi connectivity index (χ1) is 7.11. The lowest BCUT2D eigenvalue weighted by molar-refractivity contribution is -0.140. The third-order valence-electron chi connectivity index (χ3n) is 1.83. The largest absolute Gasteiger partial charge is 0.480 e. The number of rotatable bonds is 8. The van der Waals surface area contributed by atoms with E-state index in [1.54, 1.807) is 12.9 Å². The van der Waals surface area contributed by atoms with Gasteiger partial charge in [0.15, 0.2) is 0 Å². The van der Waals surface area contributed by atoms with Crippen LogP contribution in [0.5, 0.6) is 0 Å². The van der Waals surface area contributed by atoms with Gasteiger partial charge in [-0.2, -0.15) is 0 Å². The molecule has 0 rings (SSSR count). The van der Waals surface area contributed by atoms with Crippen molar-refractivity contribution in [2.45, 2.75) is 39.0 Å². The summed E-state index contributed by atoms with van der Waals surface area (Å²) in [7, 11) is 0. The van der Waals surface area contributed by atoms with Crippen LogP contribution < -0.4 is 5.32 Å². The summed E-state index contributed by atoms with van der Waals surface area (Å²) in [6.45, 7) is 3.87. The monoisotopic (exact) mass is 215 g/mol. The smallest absolute Gasteiger partial charge is 0.320 e. The maximum atomic E-state index is 10.6. The Kier molecular flexibility index (Phi) is 7.54. The van der Waals surface area contributed by atoms with Crippen molar-refractivity contribution in [2.75, 3.05) is 6.61 Å². The van der Waals surface area contributed by atoms with Gasteiger partial charge in [0, 0.05) is 6.61 Å². The van der Waals surface area contributed by atoms with Crippen LogP contribution in [-0.2, 0) is 14.3 Å². The molecule has 0 spiro atoms. The number of carboxylic acid groups (broad SMARTS) is 1. The number of carbonyl (C=O) groups excluding carboxylic acids is 1. The number of ether oxygens (including phenoxy) is 1. The minimum atomic E-state index is -0.925. The molecule has 0 aromatic rings. The topological polar surface area (TPSA) is 75.6 Å². The SMILES string of the molecule is CCO[C@@H](CCC=C=O)N[C@@H](C)C(=O)O. The molecule has 0 amide bonds. The molecule has 0 fully saturated rings. The van der Waals surface area contributed by atoms with Crippen LogP contribution in [0.1, 0.15) is 26.7 Å². The van der Waals surface area contributed by atoms with Crippen LogP contribution in [0.4, 0.5) is 0 Å². The van der Waals surface area contributed by atoms with Crippen LogP contribution >= 0.6 is 0 Å². The zero-order chi connectivity index (χ0) is 11.7. The number of aliphatic carboxylic acids is 1. The Balaban J connectivity index is 4.01. The maximum absolute atomic E-state index is 10.6. The van der Waals surface area contributed by atoms with E-state index in [1.165, 1.54) is 6.08 Å².